The Morgan fingerprint density at radius 2 is 1.00 bits per heavy atom. The number of nitrogens with zero attached hydrogens (tertiary/aromatic N) is 7. The number of carboxylic acid groups (broad SMARTS) is 1. The first-order valence-corrected chi connectivity index (χ1v) is 18.8. The van der Waals surface area contributed by atoms with Gasteiger partial charge in [0.2, 0.25) is 15.3 Å². The Morgan fingerprint density at radius 3 is 1.34 bits per heavy atom. The van der Waals surface area contributed by atoms with Crippen molar-refractivity contribution in [2.45, 2.75) is 7.43 Å². The first-order valence-electron chi connectivity index (χ1n) is 14.1. The van der Waals surface area contributed by atoms with Crippen LogP contribution < -0.4 is 48.5 Å². The van der Waals surface area contributed by atoms with Crippen LogP contribution >= 0.6 is 79.4 Å². The van der Waals surface area contributed by atoms with Crippen LogP contribution in [0.25, 0.3) is 26.4 Å². The van der Waals surface area contributed by atoms with E-state index in [1.165, 1.54) is 75.8 Å². The number of rotatable bonds is 8. The molecule has 0 radical (unpaired) electrons. The van der Waals surface area contributed by atoms with Gasteiger partial charge in [-0.15, -0.1) is 0 Å². The van der Waals surface area contributed by atoms with Gasteiger partial charge in [-0.3, -0.25) is 14.5 Å². The molecule has 0 unspecified atom stereocenters. The number of amides is 1. The molecule has 26 heteroatoms. The van der Waals surface area contributed by atoms with Crippen molar-refractivity contribution in [2.24, 2.45) is 10.1 Å². The Labute approximate surface area is 396 Å². The number of isocyanates is 1. The molecule has 4 aromatic carbocycles. The van der Waals surface area contributed by atoms with Crippen LogP contribution in [-0.2, 0) is 14.0 Å². The minimum atomic E-state index is -1.67. The first-order chi connectivity index (χ1) is 26.9. The number of aliphatic imine (C=N–C) groups is 1. The van der Waals surface area contributed by atoms with E-state index in [4.69, 9.17) is 103 Å². The maximum atomic E-state index is 11.2. The second kappa shape index (κ2) is 36.0. The number of methoxy groups -OCH3 is 4. The molecule has 4 aromatic rings. The van der Waals surface area contributed by atoms with Crippen LogP contribution in [0.4, 0.5) is 5.69 Å². The third-order valence-corrected chi connectivity index (χ3v) is 6.74. The molecule has 0 spiro atoms. The summed E-state index contributed by atoms with van der Waals surface area (Å²) in [6, 6.07) is 18.5. The first kappa shape index (κ1) is 61.7. The molecule has 59 heavy (non-hydrogen) atoms. The molecular formula is C33H29Cl7N7NaO10S. The van der Waals surface area contributed by atoms with Crippen molar-refractivity contribution in [3.05, 3.63) is 136 Å². The number of benzene rings is 4. The van der Waals surface area contributed by atoms with Crippen molar-refractivity contribution < 1.29 is 77.0 Å². The van der Waals surface area contributed by atoms with Gasteiger partial charge in [0.15, 0.2) is 0 Å². The van der Waals surface area contributed by atoms with E-state index in [1.54, 1.807) is 36.4 Å². The van der Waals surface area contributed by atoms with Crippen molar-refractivity contribution in [3.8, 4) is 23.0 Å². The summed E-state index contributed by atoms with van der Waals surface area (Å²) >= 11 is 27.9. The zero-order chi connectivity index (χ0) is 44.1. The van der Waals surface area contributed by atoms with Gasteiger partial charge >= 0.3 is 35.5 Å². The van der Waals surface area contributed by atoms with Gasteiger partial charge in [-0.25, -0.2) is 13.8 Å². The summed E-state index contributed by atoms with van der Waals surface area (Å²) in [5.74, 6) is -0.193. The molecule has 0 atom stereocenters. The number of carbonyl (C=O) groups is 3. The topological polar surface area (TPSA) is 262 Å². The summed E-state index contributed by atoms with van der Waals surface area (Å²) in [7, 11) is 13.1. The Hall–Kier alpha value is -3.93. The Bertz CT molecular complexity index is 2000. The Balaban J connectivity index is -0.000000321. The summed E-state index contributed by atoms with van der Waals surface area (Å²) in [6.45, 7) is 0. The summed E-state index contributed by atoms with van der Waals surface area (Å²) in [6.07, 6.45) is 1.42. The second-order valence-electron chi connectivity index (χ2n) is 8.90. The molecule has 17 nitrogen and oxygen atoms in total. The van der Waals surface area contributed by atoms with Crippen LogP contribution in [0.15, 0.2) is 82.9 Å². The molecule has 312 valence electrons. The van der Waals surface area contributed by atoms with E-state index in [2.05, 4.69) is 36.4 Å². The van der Waals surface area contributed by atoms with Gasteiger partial charge < -0.3 is 35.1 Å². The molecule has 0 heterocycles. The zero-order valence-electron chi connectivity index (χ0n) is 30.2. The van der Waals surface area contributed by atoms with E-state index in [0.29, 0.717) is 48.8 Å². The van der Waals surface area contributed by atoms with Crippen LogP contribution in [0, 0.1) is 0 Å². The SMILES string of the molecule is C.COc1ccc(Cl)cc1C(=O)Cl.COc1ccc(Cl)cc1C(=O)N=[N+]=[N-].COc1ccc(Cl)cc1C(=O)O.COc1ccc(Cl)cc1N=C=O.O=S(Cl)Cl.[N-]=[N+]=[N-].[Na+]. The summed E-state index contributed by atoms with van der Waals surface area (Å²) in [5.41, 5.74) is 22.5. The Morgan fingerprint density at radius 1 is 0.678 bits per heavy atom. The predicted molar refractivity (Wildman–Crippen MR) is 227 cm³/mol. The van der Waals surface area contributed by atoms with E-state index in [-0.39, 0.29) is 53.7 Å². The fourth-order valence-corrected chi connectivity index (χ4v) is 4.25. The van der Waals surface area contributed by atoms with E-state index < -0.39 is 26.3 Å². The van der Waals surface area contributed by atoms with Crippen LogP contribution in [0.5, 0.6) is 23.0 Å². The van der Waals surface area contributed by atoms with Gasteiger partial charge in [0, 0.05) is 46.4 Å². The van der Waals surface area contributed by atoms with Gasteiger partial charge in [-0.2, -0.15) is 4.99 Å². The minimum Gasteiger partial charge on any atom is -0.496 e. The predicted octanol–water partition coefficient (Wildman–Crippen LogP) is 9.44. The van der Waals surface area contributed by atoms with Crippen molar-refractivity contribution >= 4 is 117 Å². The molecule has 0 fully saturated rings. The average Bonchev–Trinajstić information content (AvgIpc) is 3.16. The molecule has 0 aromatic heterocycles. The van der Waals surface area contributed by atoms with E-state index in [1.807, 2.05) is 0 Å². The van der Waals surface area contributed by atoms with Crippen molar-refractivity contribution in [1.82, 2.24) is 0 Å². The average molecular weight is 987 g/mol. The van der Waals surface area contributed by atoms with Gasteiger partial charge in [0.25, 0.3) is 11.1 Å². The number of carbonyl (C=O) groups excluding carboxylic acids is 3. The number of azide groups is 1. The molecule has 0 saturated heterocycles. The fourth-order valence-electron chi connectivity index (χ4n) is 3.42. The normalized spacial score (nSPS) is 8.54. The zero-order valence-corrected chi connectivity index (χ0v) is 38.3. The summed E-state index contributed by atoms with van der Waals surface area (Å²) in [4.78, 5) is 49.9. The molecule has 0 aliphatic rings. The minimum absolute atomic E-state index is 0. The number of aromatic carboxylic acids is 1. The standard InChI is InChI=1S/C8H6Cl2O2.C8H6ClN3O2.C8H6ClNO2.C8H7ClO3.CH4.Cl2OS.N3.Na/c1-12-7-3-2-5(9)4-6(7)8(10)11;1-14-7-3-2-5(9)4-6(7)8(13)11-12-10;1-12-8-3-2-6(9)4-7(8)10-5-11;1-12-7-3-2-5(9)4-6(7)8(10)11;;1-4(2)3;1-3-2;/h2-4H,1H3;2-4H,1H3;2-4H,1H3;2-4H,1H3,(H,10,11);1H4;;;/q;;;;;;-1;+1. The van der Waals surface area contributed by atoms with E-state index in [9.17, 15) is 19.2 Å². The van der Waals surface area contributed by atoms with Gasteiger partial charge in [0.1, 0.15) is 34.2 Å². The molecule has 1 amide bonds. The van der Waals surface area contributed by atoms with E-state index in [0.717, 1.165) is 0 Å². The maximum Gasteiger partial charge on any atom is 1.00 e. The van der Waals surface area contributed by atoms with Crippen LogP contribution in [-0.4, -0.2) is 61.0 Å². The monoisotopic (exact) mass is 983 g/mol. The molecule has 0 aliphatic carbocycles. The molecular weight excluding hydrogens is 958 g/mol. The van der Waals surface area contributed by atoms with Crippen LogP contribution in [0.3, 0.4) is 0 Å². The van der Waals surface area contributed by atoms with Crippen LogP contribution in [0.2, 0.25) is 20.1 Å². The third kappa shape index (κ3) is 26.7. The number of ether oxygens (including phenoxy) is 4. The quantitative estimate of drug-likeness (QED) is 0.0332. The largest absolute Gasteiger partial charge is 1.00 e. The van der Waals surface area contributed by atoms with Gasteiger partial charge in [-0.05, 0) is 95.0 Å². The number of hydrogen-bond donors (Lipinski definition) is 1. The summed E-state index contributed by atoms with van der Waals surface area (Å²) in [5, 5.41) is 12.8. The Kier molecular flexibility index (Phi) is 37.6. The third-order valence-electron chi connectivity index (χ3n) is 5.60. The van der Waals surface area contributed by atoms with E-state index >= 15 is 0 Å². The summed E-state index contributed by atoms with van der Waals surface area (Å²) < 4.78 is 28.6. The molecule has 0 saturated carbocycles. The fraction of sp³-hybridized carbons (Fsp3) is 0.152. The van der Waals surface area contributed by atoms with Gasteiger partial charge in [-0.1, -0.05) is 53.8 Å². The molecule has 4 rings (SSSR count). The maximum absolute atomic E-state index is 11.2. The molecule has 1 N–H and O–H groups in total. The molecule has 0 aliphatic heterocycles. The molecule has 0 bridgehead atoms. The van der Waals surface area contributed by atoms with Gasteiger partial charge in [0.05, 0.1) is 39.6 Å². The van der Waals surface area contributed by atoms with Crippen molar-refractivity contribution in [2.75, 3.05) is 28.4 Å². The number of halogens is 7. The number of carboxylic acids is 1. The van der Waals surface area contributed by atoms with Crippen molar-refractivity contribution in [3.63, 3.8) is 0 Å². The van der Waals surface area contributed by atoms with Crippen molar-refractivity contribution in [1.29, 1.82) is 0 Å². The number of hydrogen-bond acceptors (Lipinski definition) is 10. The smallest absolute Gasteiger partial charge is 0.496 e. The van der Waals surface area contributed by atoms with Crippen LogP contribution in [0.1, 0.15) is 38.5 Å². The second-order valence-corrected chi connectivity index (χ2v) is 13.5.